The second-order valence-corrected chi connectivity index (χ2v) is 3.74. The Kier molecular flexibility index (Phi) is 2.86. The summed E-state index contributed by atoms with van der Waals surface area (Å²) in [6.07, 6.45) is 4.68. The van der Waals surface area contributed by atoms with Crippen LogP contribution in [-0.2, 0) is 11.2 Å². The summed E-state index contributed by atoms with van der Waals surface area (Å²) in [5.74, 6) is -1.08. The first-order chi connectivity index (χ1) is 7.72. The molecule has 0 saturated heterocycles. The van der Waals surface area contributed by atoms with Gasteiger partial charge in [-0.25, -0.2) is 9.59 Å². The molecule has 0 unspecified atom stereocenters. The SMILES string of the molecule is C=CCCCc1ccc2c(c1)C(=O)OC2=O. The Morgan fingerprint density at radius 3 is 2.69 bits per heavy atom. The van der Waals surface area contributed by atoms with E-state index in [-0.39, 0.29) is 0 Å². The van der Waals surface area contributed by atoms with E-state index in [4.69, 9.17) is 0 Å². The van der Waals surface area contributed by atoms with Crippen LogP contribution in [0.15, 0.2) is 30.9 Å². The first kappa shape index (κ1) is 10.6. The van der Waals surface area contributed by atoms with Gasteiger partial charge in [0.2, 0.25) is 0 Å². The van der Waals surface area contributed by atoms with Crippen molar-refractivity contribution in [2.45, 2.75) is 19.3 Å². The van der Waals surface area contributed by atoms with E-state index < -0.39 is 11.9 Å². The zero-order valence-corrected chi connectivity index (χ0v) is 8.86. The maximum absolute atomic E-state index is 11.3. The predicted octanol–water partition coefficient (Wildman–Crippen LogP) is 2.51. The molecule has 3 heteroatoms. The lowest BCUT2D eigenvalue weighted by Crippen LogP contribution is -1.97. The Morgan fingerprint density at radius 2 is 1.94 bits per heavy atom. The van der Waals surface area contributed by atoms with Crippen LogP contribution in [0.3, 0.4) is 0 Å². The number of allylic oxidation sites excluding steroid dienone is 1. The first-order valence-corrected chi connectivity index (χ1v) is 5.22. The Hall–Kier alpha value is -1.90. The third kappa shape index (κ3) is 1.89. The van der Waals surface area contributed by atoms with Crippen LogP contribution in [0, 0.1) is 0 Å². The van der Waals surface area contributed by atoms with Crippen molar-refractivity contribution in [2.24, 2.45) is 0 Å². The number of carbonyl (C=O) groups excluding carboxylic acids is 2. The van der Waals surface area contributed by atoms with Gasteiger partial charge in [0.25, 0.3) is 0 Å². The molecule has 0 spiro atoms. The molecule has 1 aliphatic rings. The molecule has 0 aliphatic carbocycles. The highest BCUT2D eigenvalue weighted by Crippen LogP contribution is 2.21. The van der Waals surface area contributed by atoms with Crippen LogP contribution in [0.1, 0.15) is 39.1 Å². The van der Waals surface area contributed by atoms with Crippen LogP contribution in [0.4, 0.5) is 0 Å². The zero-order valence-electron chi connectivity index (χ0n) is 8.86. The first-order valence-electron chi connectivity index (χ1n) is 5.22. The van der Waals surface area contributed by atoms with Gasteiger partial charge in [-0.3, -0.25) is 0 Å². The number of hydrogen-bond acceptors (Lipinski definition) is 3. The quantitative estimate of drug-likeness (QED) is 0.336. The summed E-state index contributed by atoms with van der Waals surface area (Å²) in [4.78, 5) is 22.5. The average molecular weight is 216 g/mol. The maximum atomic E-state index is 11.3. The molecule has 0 amide bonds. The van der Waals surface area contributed by atoms with E-state index in [2.05, 4.69) is 11.3 Å². The third-order valence-corrected chi connectivity index (χ3v) is 2.58. The lowest BCUT2D eigenvalue weighted by Gasteiger charge is -2.00. The van der Waals surface area contributed by atoms with Gasteiger partial charge in [0.15, 0.2) is 0 Å². The molecule has 3 nitrogen and oxygen atoms in total. The lowest BCUT2D eigenvalue weighted by atomic mass is 10.0. The van der Waals surface area contributed by atoms with Crippen molar-refractivity contribution in [1.29, 1.82) is 0 Å². The average Bonchev–Trinajstić information content (AvgIpc) is 2.55. The standard InChI is InChI=1S/C13H12O3/c1-2-3-4-5-9-6-7-10-11(8-9)13(15)16-12(10)14/h2,6-8H,1,3-5H2. The number of rotatable bonds is 4. The molecule has 2 rings (SSSR count). The largest absolute Gasteiger partial charge is 0.386 e. The Labute approximate surface area is 93.7 Å². The highest BCUT2D eigenvalue weighted by atomic mass is 16.6. The molecule has 0 atom stereocenters. The molecule has 0 N–H and O–H groups in total. The second kappa shape index (κ2) is 4.31. The molecular weight excluding hydrogens is 204 g/mol. The van der Waals surface area contributed by atoms with Crippen molar-refractivity contribution in [2.75, 3.05) is 0 Å². The van der Waals surface area contributed by atoms with E-state index in [1.807, 2.05) is 12.1 Å². The number of unbranched alkanes of at least 4 members (excludes halogenated alkanes) is 1. The smallest absolute Gasteiger partial charge is 0.346 e. The highest BCUT2D eigenvalue weighted by Gasteiger charge is 2.29. The molecule has 0 aromatic heterocycles. The fraction of sp³-hybridized carbons (Fsp3) is 0.231. The van der Waals surface area contributed by atoms with Gasteiger partial charge in [0.1, 0.15) is 0 Å². The maximum Gasteiger partial charge on any atom is 0.346 e. The van der Waals surface area contributed by atoms with Crippen molar-refractivity contribution in [3.8, 4) is 0 Å². The Bertz CT molecular complexity index is 460. The molecule has 0 radical (unpaired) electrons. The molecule has 0 saturated carbocycles. The van der Waals surface area contributed by atoms with Gasteiger partial charge < -0.3 is 4.74 Å². The molecule has 1 aliphatic heterocycles. The van der Waals surface area contributed by atoms with Gasteiger partial charge >= 0.3 is 11.9 Å². The molecule has 82 valence electrons. The van der Waals surface area contributed by atoms with Gasteiger partial charge in [-0.05, 0) is 37.0 Å². The monoisotopic (exact) mass is 216 g/mol. The fourth-order valence-corrected chi connectivity index (χ4v) is 1.74. The van der Waals surface area contributed by atoms with Crippen molar-refractivity contribution in [3.05, 3.63) is 47.5 Å². The minimum Gasteiger partial charge on any atom is -0.386 e. The minimum atomic E-state index is -0.544. The highest BCUT2D eigenvalue weighted by molar-refractivity contribution is 6.14. The summed E-state index contributed by atoms with van der Waals surface area (Å²) in [5.41, 5.74) is 1.81. The van der Waals surface area contributed by atoms with E-state index in [1.165, 1.54) is 0 Å². The van der Waals surface area contributed by atoms with Crippen molar-refractivity contribution in [1.82, 2.24) is 0 Å². The number of ether oxygens (including phenoxy) is 1. The Balaban J connectivity index is 2.19. The van der Waals surface area contributed by atoms with Gasteiger partial charge in [-0.15, -0.1) is 6.58 Å². The van der Waals surface area contributed by atoms with Crippen LogP contribution >= 0.6 is 0 Å². The summed E-state index contributed by atoms with van der Waals surface area (Å²) >= 11 is 0. The molecule has 1 aromatic rings. The number of carbonyl (C=O) groups is 2. The molecule has 1 heterocycles. The lowest BCUT2D eigenvalue weighted by molar-refractivity contribution is 0.0444. The predicted molar refractivity (Wildman–Crippen MR) is 59.3 cm³/mol. The number of aryl methyl sites for hydroxylation is 1. The van der Waals surface area contributed by atoms with Crippen LogP contribution in [0.25, 0.3) is 0 Å². The van der Waals surface area contributed by atoms with Crippen LogP contribution in [0.2, 0.25) is 0 Å². The second-order valence-electron chi connectivity index (χ2n) is 3.74. The van der Waals surface area contributed by atoms with E-state index in [0.717, 1.165) is 24.8 Å². The molecule has 0 fully saturated rings. The van der Waals surface area contributed by atoms with Crippen LogP contribution in [-0.4, -0.2) is 11.9 Å². The number of cyclic esters (lactones) is 2. The summed E-state index contributed by atoms with van der Waals surface area (Å²) < 4.78 is 4.52. The normalized spacial score (nSPS) is 13.5. The van der Waals surface area contributed by atoms with E-state index in [0.29, 0.717) is 11.1 Å². The van der Waals surface area contributed by atoms with Crippen LogP contribution in [0.5, 0.6) is 0 Å². The number of hydrogen-bond donors (Lipinski definition) is 0. The third-order valence-electron chi connectivity index (χ3n) is 2.58. The molecule has 16 heavy (non-hydrogen) atoms. The van der Waals surface area contributed by atoms with Gasteiger partial charge in [-0.2, -0.15) is 0 Å². The molecule has 0 bridgehead atoms. The van der Waals surface area contributed by atoms with Crippen molar-refractivity contribution < 1.29 is 14.3 Å². The van der Waals surface area contributed by atoms with E-state index >= 15 is 0 Å². The van der Waals surface area contributed by atoms with E-state index in [9.17, 15) is 9.59 Å². The van der Waals surface area contributed by atoms with Crippen LogP contribution < -0.4 is 0 Å². The summed E-state index contributed by atoms with van der Waals surface area (Å²) in [5, 5.41) is 0. The summed E-state index contributed by atoms with van der Waals surface area (Å²) in [7, 11) is 0. The fourth-order valence-electron chi connectivity index (χ4n) is 1.74. The Morgan fingerprint density at radius 1 is 1.19 bits per heavy atom. The zero-order chi connectivity index (χ0) is 11.5. The molecular formula is C13H12O3. The van der Waals surface area contributed by atoms with Gasteiger partial charge in [0, 0.05) is 0 Å². The number of fused-ring (bicyclic) bond motifs is 1. The van der Waals surface area contributed by atoms with Crippen molar-refractivity contribution in [3.63, 3.8) is 0 Å². The van der Waals surface area contributed by atoms with Gasteiger partial charge in [0.05, 0.1) is 11.1 Å². The van der Waals surface area contributed by atoms with E-state index in [1.54, 1.807) is 12.1 Å². The number of esters is 2. The molecule has 1 aromatic carbocycles. The minimum absolute atomic E-state index is 0.373. The summed E-state index contributed by atoms with van der Waals surface area (Å²) in [6.45, 7) is 3.65. The number of benzene rings is 1. The van der Waals surface area contributed by atoms with Gasteiger partial charge in [-0.1, -0.05) is 12.1 Å². The summed E-state index contributed by atoms with van der Waals surface area (Å²) in [6, 6.07) is 5.26. The topological polar surface area (TPSA) is 43.4 Å². The van der Waals surface area contributed by atoms with Crippen molar-refractivity contribution >= 4 is 11.9 Å².